The Morgan fingerprint density at radius 3 is 2.48 bits per heavy atom. The molecule has 1 aliphatic rings. The molecule has 0 bridgehead atoms. The highest BCUT2D eigenvalue weighted by molar-refractivity contribution is 9.10. The largest absolute Gasteiger partial charge is 0.436 e. The summed E-state index contributed by atoms with van der Waals surface area (Å²) < 4.78 is 39.5. The van der Waals surface area contributed by atoms with Crippen LogP contribution in [0.3, 0.4) is 0 Å². The number of halogens is 4. The van der Waals surface area contributed by atoms with Crippen molar-refractivity contribution in [2.45, 2.75) is 57.8 Å². The monoisotopic (exact) mass is 367 g/mol. The highest BCUT2D eigenvalue weighted by Crippen LogP contribution is 2.36. The second kappa shape index (κ2) is 5.98. The lowest BCUT2D eigenvalue weighted by Crippen LogP contribution is -2.38. The number of carbonyl (C=O) groups excluding carboxylic acids is 1. The Kier molecular flexibility index (Phi) is 4.65. The van der Waals surface area contributed by atoms with E-state index in [0.29, 0.717) is 0 Å². The summed E-state index contributed by atoms with van der Waals surface area (Å²) in [5.41, 5.74) is -0.711. The van der Waals surface area contributed by atoms with Gasteiger partial charge in [-0.1, -0.05) is 12.8 Å². The molecule has 1 aromatic heterocycles. The van der Waals surface area contributed by atoms with E-state index in [1.807, 2.05) is 0 Å². The van der Waals surface area contributed by atoms with Crippen LogP contribution in [-0.4, -0.2) is 21.7 Å². The zero-order chi connectivity index (χ0) is 15.8. The van der Waals surface area contributed by atoms with Crippen LogP contribution in [0.1, 0.15) is 50.0 Å². The summed E-state index contributed by atoms with van der Waals surface area (Å²) in [7, 11) is 0. The first-order valence-corrected chi connectivity index (χ1v) is 7.63. The average molecular weight is 368 g/mol. The molecule has 0 radical (unpaired) electrons. The van der Waals surface area contributed by atoms with Gasteiger partial charge in [0.1, 0.15) is 6.04 Å². The molecule has 21 heavy (non-hydrogen) atoms. The summed E-state index contributed by atoms with van der Waals surface area (Å²) in [5.74, 6) is -0.297. The summed E-state index contributed by atoms with van der Waals surface area (Å²) in [6, 6.07) is -0.653. The van der Waals surface area contributed by atoms with E-state index in [2.05, 4.69) is 26.3 Å². The minimum atomic E-state index is -4.55. The average Bonchev–Trinajstić information content (AvgIpc) is 2.98. The van der Waals surface area contributed by atoms with Crippen LogP contribution >= 0.6 is 15.9 Å². The highest BCUT2D eigenvalue weighted by Gasteiger charge is 2.39. The molecular weight excluding hydrogens is 351 g/mol. The van der Waals surface area contributed by atoms with E-state index in [0.717, 1.165) is 30.4 Å². The molecule has 0 aromatic carbocycles. The predicted molar refractivity (Wildman–Crippen MR) is 74.8 cm³/mol. The Bertz CT molecular complexity index is 535. The summed E-state index contributed by atoms with van der Waals surface area (Å²) in [5, 5.41) is 6.44. The third-order valence-electron chi connectivity index (χ3n) is 3.79. The standard InChI is InChI=1S/C13H17BrF3N3O/c1-7-10(14)11(13(15,16)17)19-20(7)8(2)12(21)18-9-5-3-4-6-9/h8-9H,3-6H2,1-2H3,(H,18,21)/t8-/m1/s1. The normalized spacial score (nSPS) is 18.0. The van der Waals surface area contributed by atoms with Gasteiger partial charge in [-0.05, 0) is 42.6 Å². The van der Waals surface area contributed by atoms with Crippen LogP contribution in [-0.2, 0) is 11.0 Å². The summed E-state index contributed by atoms with van der Waals surface area (Å²) in [6.07, 6.45) is -0.549. The second-order valence-corrected chi connectivity index (χ2v) is 6.15. The van der Waals surface area contributed by atoms with Crippen LogP contribution in [0.5, 0.6) is 0 Å². The SMILES string of the molecule is Cc1c(Br)c(C(F)(F)F)nn1[C@H](C)C(=O)NC1CCCC1. The van der Waals surface area contributed by atoms with E-state index < -0.39 is 17.9 Å². The van der Waals surface area contributed by atoms with Gasteiger partial charge in [-0.2, -0.15) is 18.3 Å². The number of alkyl halides is 3. The van der Waals surface area contributed by atoms with Gasteiger partial charge in [-0.25, -0.2) is 0 Å². The first kappa shape index (κ1) is 16.3. The maximum atomic E-state index is 12.8. The van der Waals surface area contributed by atoms with E-state index in [1.165, 1.54) is 6.92 Å². The third kappa shape index (κ3) is 3.41. The Balaban J connectivity index is 2.18. The lowest BCUT2D eigenvalue weighted by Gasteiger charge is -2.18. The number of aromatic nitrogens is 2. The number of amides is 1. The van der Waals surface area contributed by atoms with Crippen molar-refractivity contribution in [1.82, 2.24) is 15.1 Å². The van der Waals surface area contributed by atoms with Crippen molar-refractivity contribution >= 4 is 21.8 Å². The van der Waals surface area contributed by atoms with Crippen molar-refractivity contribution in [1.29, 1.82) is 0 Å². The first-order chi connectivity index (χ1) is 9.71. The van der Waals surface area contributed by atoms with Crippen molar-refractivity contribution in [3.8, 4) is 0 Å². The molecule has 0 saturated heterocycles. The molecule has 8 heteroatoms. The third-order valence-corrected chi connectivity index (χ3v) is 4.74. The Morgan fingerprint density at radius 2 is 2.00 bits per heavy atom. The molecule has 1 aliphatic carbocycles. The molecule has 1 aromatic rings. The number of carbonyl (C=O) groups is 1. The Morgan fingerprint density at radius 1 is 1.43 bits per heavy atom. The molecule has 1 amide bonds. The number of rotatable bonds is 3. The van der Waals surface area contributed by atoms with Gasteiger partial charge in [0.15, 0.2) is 5.69 Å². The molecular formula is C13H17BrF3N3O. The summed E-state index contributed by atoms with van der Waals surface area (Å²) in [4.78, 5) is 12.2. The van der Waals surface area contributed by atoms with Crippen LogP contribution in [0.15, 0.2) is 4.47 Å². The fourth-order valence-electron chi connectivity index (χ4n) is 2.56. The molecule has 4 nitrogen and oxygen atoms in total. The highest BCUT2D eigenvalue weighted by atomic mass is 79.9. The zero-order valence-electron chi connectivity index (χ0n) is 11.8. The van der Waals surface area contributed by atoms with Gasteiger partial charge in [0, 0.05) is 6.04 Å². The lowest BCUT2D eigenvalue weighted by molar-refractivity contribution is -0.142. The van der Waals surface area contributed by atoms with Gasteiger partial charge in [-0.15, -0.1) is 0 Å². The maximum Gasteiger partial charge on any atom is 0.436 e. The molecule has 0 unspecified atom stereocenters. The van der Waals surface area contributed by atoms with Crippen LogP contribution < -0.4 is 5.32 Å². The minimum Gasteiger partial charge on any atom is -0.352 e. The molecule has 1 atom stereocenters. The van der Waals surface area contributed by atoms with Crippen LogP contribution in [0.25, 0.3) is 0 Å². The number of nitrogens with one attached hydrogen (secondary N) is 1. The molecule has 1 fully saturated rings. The van der Waals surface area contributed by atoms with Gasteiger partial charge < -0.3 is 5.32 Å². The van der Waals surface area contributed by atoms with Crippen LogP contribution in [0.2, 0.25) is 0 Å². The molecule has 118 valence electrons. The molecule has 1 heterocycles. The van der Waals surface area contributed by atoms with Crippen LogP contribution in [0.4, 0.5) is 13.2 Å². The minimum absolute atomic E-state index is 0.115. The molecule has 2 rings (SSSR count). The topological polar surface area (TPSA) is 46.9 Å². The summed E-state index contributed by atoms with van der Waals surface area (Å²) >= 11 is 2.91. The van der Waals surface area contributed by atoms with Gasteiger partial charge in [0.2, 0.25) is 5.91 Å². The molecule has 1 N–H and O–H groups in total. The number of hydrogen-bond donors (Lipinski definition) is 1. The van der Waals surface area contributed by atoms with Gasteiger partial charge >= 0.3 is 6.18 Å². The van der Waals surface area contributed by atoms with E-state index in [9.17, 15) is 18.0 Å². The van der Waals surface area contributed by atoms with Crippen molar-refractivity contribution in [2.24, 2.45) is 0 Å². The van der Waals surface area contributed by atoms with E-state index >= 15 is 0 Å². The van der Waals surface area contributed by atoms with E-state index in [1.54, 1.807) is 6.92 Å². The van der Waals surface area contributed by atoms with Crippen molar-refractivity contribution in [3.63, 3.8) is 0 Å². The van der Waals surface area contributed by atoms with Crippen molar-refractivity contribution in [2.75, 3.05) is 0 Å². The Labute approximate surface area is 129 Å². The quantitative estimate of drug-likeness (QED) is 0.887. The van der Waals surface area contributed by atoms with E-state index in [4.69, 9.17) is 0 Å². The summed E-state index contributed by atoms with van der Waals surface area (Å²) in [6.45, 7) is 3.06. The van der Waals surface area contributed by atoms with E-state index in [-0.39, 0.29) is 22.1 Å². The fourth-order valence-corrected chi connectivity index (χ4v) is 3.05. The molecule has 0 spiro atoms. The second-order valence-electron chi connectivity index (χ2n) is 5.36. The van der Waals surface area contributed by atoms with Gasteiger partial charge in [0.25, 0.3) is 0 Å². The molecule has 1 saturated carbocycles. The Hall–Kier alpha value is -1.05. The first-order valence-electron chi connectivity index (χ1n) is 6.84. The maximum absolute atomic E-state index is 12.8. The van der Waals surface area contributed by atoms with Gasteiger partial charge in [0.05, 0.1) is 10.2 Å². The number of nitrogens with zero attached hydrogens (tertiary/aromatic N) is 2. The van der Waals surface area contributed by atoms with Crippen molar-refractivity contribution < 1.29 is 18.0 Å². The smallest absolute Gasteiger partial charge is 0.352 e. The van der Waals surface area contributed by atoms with Crippen LogP contribution in [0, 0.1) is 6.92 Å². The van der Waals surface area contributed by atoms with Gasteiger partial charge in [-0.3, -0.25) is 9.48 Å². The number of hydrogen-bond acceptors (Lipinski definition) is 2. The fraction of sp³-hybridized carbons (Fsp3) is 0.692. The van der Waals surface area contributed by atoms with Crippen molar-refractivity contribution in [3.05, 3.63) is 15.9 Å². The lowest BCUT2D eigenvalue weighted by atomic mass is 10.2. The predicted octanol–water partition coefficient (Wildman–Crippen LogP) is 3.59. The zero-order valence-corrected chi connectivity index (χ0v) is 13.4. The molecule has 0 aliphatic heterocycles.